The largest absolute Gasteiger partial charge is 0.360 e. The molecule has 0 bridgehead atoms. The number of nitrogens with one attached hydrogen (secondary N) is 1. The molecule has 2 aromatic heterocycles. The second-order valence-electron chi connectivity index (χ2n) is 3.72. The first-order chi connectivity index (χ1) is 9.62. The van der Waals surface area contributed by atoms with E-state index in [1.807, 2.05) is 0 Å². The van der Waals surface area contributed by atoms with Gasteiger partial charge in [-0.2, -0.15) is 0 Å². The predicted molar refractivity (Wildman–Crippen MR) is 70.7 cm³/mol. The molecular weight excluding hydrogens is 280 g/mol. The molecule has 2 heterocycles. The lowest BCUT2D eigenvalue weighted by atomic mass is 10.3. The first-order valence-electron chi connectivity index (χ1n) is 5.65. The van der Waals surface area contributed by atoms with Crippen LogP contribution in [0.5, 0.6) is 0 Å². The maximum Gasteiger partial charge on any atom is 0.242 e. The summed E-state index contributed by atoms with van der Waals surface area (Å²) in [5.74, 6) is 5.78. The molecule has 0 radical (unpaired) electrons. The average molecular weight is 292 g/mol. The number of nitrogens with two attached hydrogens (primary N) is 1. The zero-order valence-corrected chi connectivity index (χ0v) is 11.2. The van der Waals surface area contributed by atoms with Gasteiger partial charge in [0.15, 0.2) is 5.76 Å². The second kappa shape index (κ2) is 6.29. The van der Waals surface area contributed by atoms with E-state index in [2.05, 4.69) is 26.7 Å². The highest BCUT2D eigenvalue weighted by molar-refractivity contribution is 7.89. The third-order valence-electron chi connectivity index (χ3n) is 2.29. The van der Waals surface area contributed by atoms with Gasteiger partial charge in [-0.15, -0.1) is 0 Å². The summed E-state index contributed by atoms with van der Waals surface area (Å²) in [6.07, 6.45) is 4.16. The van der Waals surface area contributed by atoms with Gasteiger partial charge in [0.1, 0.15) is 4.90 Å². The highest BCUT2D eigenvalue weighted by Gasteiger charge is 2.15. The Balaban J connectivity index is 2.16. The predicted octanol–water partition coefficient (Wildman–Crippen LogP) is -0.142. The van der Waals surface area contributed by atoms with Gasteiger partial charge < -0.3 is 10.3 Å². The summed E-state index contributed by atoms with van der Waals surface area (Å²) in [5.41, 5.74) is 5.75. The van der Waals surface area contributed by atoms with Crippen LogP contribution >= 0.6 is 0 Å². The molecular formula is C12H12N4O3S. The van der Waals surface area contributed by atoms with Crippen molar-refractivity contribution >= 4 is 10.0 Å². The first kappa shape index (κ1) is 14.2. The molecule has 2 aromatic rings. The van der Waals surface area contributed by atoms with Gasteiger partial charge in [-0.1, -0.05) is 17.0 Å². The molecule has 0 aliphatic heterocycles. The number of nitrogens with zero attached hydrogens (tertiary/aromatic N) is 2. The molecule has 0 saturated carbocycles. The molecule has 0 saturated heterocycles. The fourth-order valence-corrected chi connectivity index (χ4v) is 2.35. The normalized spacial score (nSPS) is 10.8. The Labute approximate surface area is 116 Å². The summed E-state index contributed by atoms with van der Waals surface area (Å²) in [7, 11) is -3.68. The van der Waals surface area contributed by atoms with Gasteiger partial charge >= 0.3 is 0 Å². The van der Waals surface area contributed by atoms with E-state index in [-0.39, 0.29) is 18.0 Å². The van der Waals surface area contributed by atoms with E-state index in [0.717, 1.165) is 0 Å². The van der Waals surface area contributed by atoms with Gasteiger partial charge in [0, 0.05) is 24.0 Å². The Bertz CT molecular complexity index is 730. The number of pyridine rings is 1. The molecule has 3 N–H and O–H groups in total. The van der Waals surface area contributed by atoms with Crippen LogP contribution in [0.25, 0.3) is 0 Å². The zero-order valence-electron chi connectivity index (χ0n) is 10.4. The van der Waals surface area contributed by atoms with Crippen LogP contribution in [0.2, 0.25) is 0 Å². The van der Waals surface area contributed by atoms with E-state index < -0.39 is 10.0 Å². The fraction of sp³-hybridized carbons (Fsp3) is 0.167. The van der Waals surface area contributed by atoms with E-state index in [1.165, 1.54) is 24.7 Å². The standard InChI is InChI=1S/C12H12N4O3S/c13-4-1-2-10-6-12(9-14-7-10)20(17,18)16-8-11-3-5-15-19-11/h3,5-7,9,16H,4,8,13H2. The van der Waals surface area contributed by atoms with E-state index in [1.54, 1.807) is 6.07 Å². The average Bonchev–Trinajstić information content (AvgIpc) is 2.97. The van der Waals surface area contributed by atoms with E-state index in [0.29, 0.717) is 11.3 Å². The van der Waals surface area contributed by atoms with Crippen LogP contribution in [0, 0.1) is 11.8 Å². The summed E-state index contributed by atoms with van der Waals surface area (Å²) in [6.45, 7) is 0.210. The van der Waals surface area contributed by atoms with Crippen LogP contribution in [-0.2, 0) is 16.6 Å². The monoisotopic (exact) mass is 292 g/mol. The van der Waals surface area contributed by atoms with E-state index in [4.69, 9.17) is 10.3 Å². The Hall–Kier alpha value is -2.21. The maximum atomic E-state index is 12.1. The van der Waals surface area contributed by atoms with Gasteiger partial charge in [0.25, 0.3) is 0 Å². The van der Waals surface area contributed by atoms with Gasteiger partial charge in [0.2, 0.25) is 10.0 Å². The van der Waals surface area contributed by atoms with Crippen molar-refractivity contribution in [2.45, 2.75) is 11.4 Å². The van der Waals surface area contributed by atoms with Crippen molar-refractivity contribution in [1.29, 1.82) is 0 Å². The Morgan fingerprint density at radius 1 is 1.40 bits per heavy atom. The number of hydrogen-bond acceptors (Lipinski definition) is 6. The fourth-order valence-electron chi connectivity index (χ4n) is 1.37. The van der Waals surface area contributed by atoms with Crippen LogP contribution in [0.15, 0.2) is 40.1 Å². The lowest BCUT2D eigenvalue weighted by Crippen LogP contribution is -2.23. The maximum absolute atomic E-state index is 12.1. The van der Waals surface area contributed by atoms with Gasteiger partial charge in [-0.3, -0.25) is 4.98 Å². The highest BCUT2D eigenvalue weighted by atomic mass is 32.2. The summed E-state index contributed by atoms with van der Waals surface area (Å²) in [6, 6.07) is 3.00. The number of sulfonamides is 1. The van der Waals surface area contributed by atoms with Crippen molar-refractivity contribution in [2.75, 3.05) is 6.54 Å². The molecule has 0 unspecified atom stereocenters. The number of rotatable bonds is 4. The van der Waals surface area contributed by atoms with Crippen molar-refractivity contribution in [3.63, 3.8) is 0 Å². The third-order valence-corrected chi connectivity index (χ3v) is 3.65. The third kappa shape index (κ3) is 3.64. The van der Waals surface area contributed by atoms with Crippen molar-refractivity contribution in [3.8, 4) is 11.8 Å². The van der Waals surface area contributed by atoms with Crippen LogP contribution in [-0.4, -0.2) is 25.1 Å². The first-order valence-corrected chi connectivity index (χ1v) is 7.13. The SMILES string of the molecule is NCC#Cc1cncc(S(=O)(=O)NCc2ccno2)c1. The lowest BCUT2D eigenvalue weighted by Gasteiger charge is -2.04. The van der Waals surface area contributed by atoms with Crippen LogP contribution in [0.4, 0.5) is 0 Å². The van der Waals surface area contributed by atoms with E-state index >= 15 is 0 Å². The highest BCUT2D eigenvalue weighted by Crippen LogP contribution is 2.09. The molecule has 7 nitrogen and oxygen atoms in total. The molecule has 0 aromatic carbocycles. The Morgan fingerprint density at radius 2 is 2.25 bits per heavy atom. The second-order valence-corrected chi connectivity index (χ2v) is 5.49. The molecule has 0 amide bonds. The molecule has 20 heavy (non-hydrogen) atoms. The molecule has 0 atom stereocenters. The zero-order chi connectivity index (χ0) is 14.4. The minimum Gasteiger partial charge on any atom is -0.360 e. The molecule has 104 valence electrons. The molecule has 0 spiro atoms. The van der Waals surface area contributed by atoms with Gasteiger partial charge in [-0.25, -0.2) is 13.1 Å². The van der Waals surface area contributed by atoms with Crippen LogP contribution < -0.4 is 10.5 Å². The van der Waals surface area contributed by atoms with Gasteiger partial charge in [0.05, 0.1) is 19.3 Å². The quantitative estimate of drug-likeness (QED) is 0.759. The van der Waals surface area contributed by atoms with Crippen LogP contribution in [0.3, 0.4) is 0 Å². The minimum atomic E-state index is -3.68. The molecule has 0 fully saturated rings. The minimum absolute atomic E-state index is 0.0149. The molecule has 8 heteroatoms. The van der Waals surface area contributed by atoms with Crippen LogP contribution in [0.1, 0.15) is 11.3 Å². The Kier molecular flexibility index (Phi) is 4.47. The summed E-state index contributed by atoms with van der Waals surface area (Å²) in [4.78, 5) is 3.88. The molecule has 0 aliphatic rings. The summed E-state index contributed by atoms with van der Waals surface area (Å²) >= 11 is 0. The summed E-state index contributed by atoms with van der Waals surface area (Å²) in [5, 5.41) is 3.49. The summed E-state index contributed by atoms with van der Waals surface area (Å²) < 4.78 is 31.3. The Morgan fingerprint density at radius 3 is 2.95 bits per heavy atom. The van der Waals surface area contributed by atoms with E-state index in [9.17, 15) is 8.42 Å². The van der Waals surface area contributed by atoms with Crippen molar-refractivity contribution in [3.05, 3.63) is 42.0 Å². The van der Waals surface area contributed by atoms with Crippen molar-refractivity contribution in [1.82, 2.24) is 14.9 Å². The molecule has 0 aliphatic carbocycles. The number of hydrogen-bond donors (Lipinski definition) is 2. The molecule has 2 rings (SSSR count). The lowest BCUT2D eigenvalue weighted by molar-refractivity contribution is 0.380. The smallest absolute Gasteiger partial charge is 0.242 e. The topological polar surface area (TPSA) is 111 Å². The van der Waals surface area contributed by atoms with Crippen molar-refractivity contribution in [2.24, 2.45) is 5.73 Å². The van der Waals surface area contributed by atoms with Crippen molar-refractivity contribution < 1.29 is 12.9 Å². The number of aromatic nitrogens is 2. The van der Waals surface area contributed by atoms with Gasteiger partial charge in [-0.05, 0) is 6.07 Å².